The van der Waals surface area contributed by atoms with Gasteiger partial charge in [-0.2, -0.15) is 0 Å². The first-order valence-corrected chi connectivity index (χ1v) is 116. The van der Waals surface area contributed by atoms with Crippen molar-refractivity contribution in [3.63, 3.8) is 0 Å². The minimum atomic E-state index is -1.83. The van der Waals surface area contributed by atoms with Crippen molar-refractivity contribution < 1.29 is 4.18 Å². The van der Waals surface area contributed by atoms with Crippen molar-refractivity contribution in [2.75, 3.05) is 6.61 Å². The molecule has 78 heteroatoms. The van der Waals surface area contributed by atoms with E-state index in [0.29, 0.717) is 6.61 Å². The Morgan fingerprint density at radius 3 is 0.432 bits per heavy atom. The minimum Gasteiger partial charge on any atom is -0.301 e. The maximum atomic E-state index is 5.56. The lowest BCUT2D eigenvalue weighted by atomic mass is 10.5. The molecule has 0 bridgehead atoms. The van der Waals surface area contributed by atoms with Crippen LogP contribution in [-0.4, -0.2) is 6.61 Å². The monoisotopic (exact) mass is 2520 g/mol. The summed E-state index contributed by atoms with van der Waals surface area (Å²) < 4.78 is 5.56. The topological polar surface area (TPSA) is 9.23 Å². The van der Waals surface area contributed by atoms with Crippen LogP contribution in [0.15, 0.2) is 0 Å². The van der Waals surface area contributed by atoms with Gasteiger partial charge in [0.2, 0.25) is 0 Å². The molecule has 0 amide bonds. The maximum absolute atomic E-state index is 5.56. The van der Waals surface area contributed by atoms with Crippen molar-refractivity contribution in [3.8, 4) is 0 Å². The summed E-state index contributed by atoms with van der Waals surface area (Å²) in [5, 5.41) is 0. The van der Waals surface area contributed by atoms with Crippen molar-refractivity contribution in [2.45, 2.75) is 13.3 Å². The molecule has 0 heterocycles. The lowest BCUT2D eigenvalue weighted by Crippen LogP contribution is -1.96. The van der Waals surface area contributed by atoms with Gasteiger partial charge in [0.15, 0.2) is 0 Å². The summed E-state index contributed by atoms with van der Waals surface area (Å²) in [6, 6.07) is 0. The molecule has 0 unspecified atom stereocenters. The van der Waals surface area contributed by atoms with Gasteiger partial charge >= 0.3 is 0 Å². The molecule has 0 fully saturated rings. The highest BCUT2D eigenvalue weighted by atomic mass is 34.1. The highest BCUT2D eigenvalue weighted by Crippen LogP contribution is 2.71. The Bertz CT molecular complexity index is 1180. The van der Waals surface area contributed by atoms with Crippen LogP contribution in [0.3, 0.4) is 0 Å². The Labute approximate surface area is 760 Å². The molecule has 0 aromatic carbocycles. The van der Waals surface area contributed by atoms with Gasteiger partial charge in [-0.15, -0.1) is 0 Å². The largest absolute Gasteiger partial charge is 0.301 e. The molecule has 81 heavy (non-hydrogen) atoms. The van der Waals surface area contributed by atoms with E-state index in [0.717, 1.165) is 6.42 Å². The zero-order valence-corrected chi connectivity index (χ0v) is 97.2. The van der Waals surface area contributed by atoms with Gasteiger partial charge in [0.05, 0.1) is 13.1 Å². The lowest BCUT2D eigenvalue weighted by Gasteiger charge is -2.07. The van der Waals surface area contributed by atoms with E-state index in [2.05, 4.69) is 18.6 Å². The first kappa shape index (κ1) is 108. The third-order valence-corrected chi connectivity index (χ3v) is 169. The third kappa shape index (κ3) is 103. The van der Waals surface area contributed by atoms with Crippen LogP contribution in [0, 0.1) is 0 Å². The van der Waals surface area contributed by atoms with E-state index in [4.69, 9.17) is 26.6 Å². The Kier molecular flexibility index (Phi) is 134. The van der Waals surface area contributed by atoms with Crippen molar-refractivity contribution in [3.05, 3.63) is 0 Å². The summed E-state index contributed by atoms with van der Waals surface area (Å²) in [6.07, 6.45) is 0.946. The van der Waals surface area contributed by atoms with Gasteiger partial charge in [-0.1, -0.05) is 18.6 Å². The molecule has 488 valence electrons. The van der Waals surface area contributed by atoms with Crippen LogP contribution in [0.2, 0.25) is 0 Å². The summed E-state index contributed by atoms with van der Waals surface area (Å²) in [5.41, 5.74) is 0. The standard InChI is InChI=1S/C3H8OS77/c1-2-3-4-81(6,7)80-79-78-77-76-75-74-73-72-71-70-69-68-67-66-65-64-63-62-61-60-59-58-57-56-55-54-53-52-51-50-49-48-47-46-45-44-43-42-41-40-39-38-37-36-35-34-33-32-31-30-29-28-27-26-25-24-23-22-21-20-19-18-17-16-15-14-13-12-11-10-9-8-5/h5H,2-3H2,1H3. The normalized spacial score (nSPS) is 12.0. The Balaban J connectivity index is 3.10. The molecule has 0 spiro atoms. The van der Waals surface area contributed by atoms with Crippen molar-refractivity contribution in [1.29, 1.82) is 0 Å². The van der Waals surface area contributed by atoms with E-state index in [1.165, 1.54) is 19.7 Å². The van der Waals surface area contributed by atoms with Gasteiger partial charge in [0, 0.05) is 639 Å². The molecule has 0 N–H and O–H groups in total. The van der Waals surface area contributed by atoms with Gasteiger partial charge in [0.25, 0.3) is 0 Å². The predicted octanol–water partition coefficient (Wildman–Crippen LogP) is 48.6. The zero-order chi connectivity index (χ0) is 58.2. The van der Waals surface area contributed by atoms with Crippen molar-refractivity contribution in [2.24, 2.45) is 0 Å². The van der Waals surface area contributed by atoms with Gasteiger partial charge in [-0.3, -0.25) is 0 Å². The van der Waals surface area contributed by atoms with Crippen LogP contribution in [0.1, 0.15) is 13.3 Å². The Hall–Kier alpha value is 26.7. The Morgan fingerprint density at radius 1 is 0.210 bits per heavy atom. The summed E-state index contributed by atoms with van der Waals surface area (Å²) in [4.78, 5) is 0. The molecule has 0 aliphatic carbocycles. The van der Waals surface area contributed by atoms with E-state index in [1.54, 1.807) is 138 Å². The first-order valence-electron chi connectivity index (χ1n) is 14.3. The molecule has 0 saturated carbocycles. The SMILES string of the molecule is CCCOS(=S)(=S)SSSSSSSSSSSSSSSSSSSSSSSSSSSSSSSSSSSSSSSSSSSSSSSSSSSSSSSSSSSSSSSSSSSSSSSSSS. The average Bonchev–Trinajstić information content (AvgIpc) is 3.47. The molecular weight excluding hydrogens is 2520 g/mol. The highest BCUT2D eigenvalue weighted by Gasteiger charge is 2.08. The van der Waals surface area contributed by atoms with Gasteiger partial charge in [-0.25, -0.2) is 0 Å². The molecule has 0 aliphatic heterocycles. The number of hydrogen-bond acceptors (Lipinski definition) is 77. The fourth-order valence-corrected chi connectivity index (χ4v) is 204. The van der Waals surface area contributed by atoms with Gasteiger partial charge < -0.3 is 4.18 Å². The highest BCUT2D eigenvalue weighted by molar-refractivity contribution is 9.66. The van der Waals surface area contributed by atoms with E-state index in [9.17, 15) is 0 Å². The van der Waals surface area contributed by atoms with Crippen LogP contribution >= 0.6 is 729 Å². The predicted molar refractivity (Wildman–Crippen MR) is 601 cm³/mol. The molecule has 0 aromatic heterocycles. The lowest BCUT2D eigenvalue weighted by molar-refractivity contribution is 0.374. The fraction of sp³-hybridized carbons (Fsp3) is 1.00. The Morgan fingerprint density at radius 2 is 0.321 bits per heavy atom. The number of thiol groups is 1. The van der Waals surface area contributed by atoms with Crippen LogP contribution in [0.4, 0.5) is 0 Å². The van der Waals surface area contributed by atoms with Crippen LogP contribution < -0.4 is 0 Å². The van der Waals surface area contributed by atoms with Crippen molar-refractivity contribution >= 4 is 758 Å². The van der Waals surface area contributed by atoms with Crippen LogP contribution in [-0.2, 0) is 33.0 Å². The van der Waals surface area contributed by atoms with E-state index < -0.39 is 6.46 Å². The zero-order valence-electron chi connectivity index (χ0n) is 34.3. The van der Waals surface area contributed by atoms with E-state index in [-0.39, 0.29) is 0 Å². The average molecular weight is 2530 g/mol. The quantitative estimate of drug-likeness (QED) is 0.0352. The number of hydrogen-bond donors (Lipinski definition) is 1. The van der Waals surface area contributed by atoms with E-state index in [1.807, 2.05) is 560 Å². The molecular formula is C3H8OS77. The molecule has 0 radical (unpaired) electrons. The first-order chi connectivity index (χ1) is 40.1. The summed E-state index contributed by atoms with van der Waals surface area (Å²) >= 11 is 14.8. The third-order valence-electron chi connectivity index (χ3n) is 2.52. The second-order valence-corrected chi connectivity index (χ2v) is 143. The smallest absolute Gasteiger partial charge is 0.0820 e. The fourth-order valence-electron chi connectivity index (χ4n) is 1.05. The van der Waals surface area contributed by atoms with Crippen LogP contribution in [0.25, 0.3) is 0 Å². The summed E-state index contributed by atoms with van der Waals surface area (Å²) in [6.45, 7) is 0.885. The second-order valence-electron chi connectivity index (χ2n) is 6.20. The minimum absolute atomic E-state index is 0.648. The van der Waals surface area contributed by atoms with Gasteiger partial charge in [0.1, 0.15) is 0 Å². The molecule has 0 saturated heterocycles. The number of rotatable bonds is 76. The second kappa shape index (κ2) is 101. The molecule has 1 nitrogen and oxygen atoms in total. The summed E-state index contributed by atoms with van der Waals surface area (Å²) in [5.74, 6) is 0. The molecule has 0 rings (SSSR count). The molecule has 0 aromatic rings. The summed E-state index contributed by atoms with van der Waals surface area (Å²) in [7, 11) is 132. The van der Waals surface area contributed by atoms with Crippen molar-refractivity contribution in [1.82, 2.24) is 0 Å². The molecule has 0 aliphatic rings. The van der Waals surface area contributed by atoms with Crippen LogP contribution in [0.5, 0.6) is 0 Å². The van der Waals surface area contributed by atoms with Gasteiger partial charge in [-0.05, 0) is 107 Å². The van der Waals surface area contributed by atoms with E-state index >= 15 is 0 Å². The maximum Gasteiger partial charge on any atom is 0.0820 e. The molecule has 0 atom stereocenters.